The first-order chi connectivity index (χ1) is 8.97. The third kappa shape index (κ3) is 3.98. The largest absolute Gasteiger partial charge is 0.416 e. The van der Waals surface area contributed by atoms with Gasteiger partial charge in [0, 0.05) is 21.3 Å². The molecule has 6 heteroatoms. The smallest absolute Gasteiger partial charge is 0.260 e. The molecule has 19 heavy (non-hydrogen) atoms. The number of benzene rings is 1. The van der Waals surface area contributed by atoms with E-state index in [0.717, 1.165) is 22.7 Å². The van der Waals surface area contributed by atoms with Crippen LogP contribution in [0.1, 0.15) is 11.3 Å². The van der Waals surface area contributed by atoms with Gasteiger partial charge in [0.15, 0.2) is 0 Å². The molecule has 0 spiro atoms. The number of nitrogens with zero attached hydrogens (tertiary/aromatic N) is 1. The molecule has 1 nitrogen and oxygen atoms in total. The minimum Gasteiger partial charge on any atom is -0.260 e. The lowest BCUT2D eigenvalue weighted by Gasteiger charge is -2.09. The maximum Gasteiger partial charge on any atom is 0.416 e. The number of thioether (sulfide) groups is 1. The van der Waals surface area contributed by atoms with Crippen LogP contribution in [-0.2, 0) is 11.9 Å². The summed E-state index contributed by atoms with van der Waals surface area (Å²) in [7, 11) is 0. The normalized spacial score (nSPS) is 11.6. The van der Waals surface area contributed by atoms with E-state index in [1.54, 1.807) is 6.20 Å². The number of alkyl halides is 3. The van der Waals surface area contributed by atoms with Gasteiger partial charge in [-0.25, -0.2) is 0 Å². The van der Waals surface area contributed by atoms with Crippen LogP contribution in [0, 0.1) is 0 Å². The molecule has 0 N–H and O–H groups in total. The summed E-state index contributed by atoms with van der Waals surface area (Å²) in [6.45, 7) is 0. The Morgan fingerprint density at radius 3 is 2.53 bits per heavy atom. The van der Waals surface area contributed by atoms with Crippen LogP contribution in [0.25, 0.3) is 0 Å². The van der Waals surface area contributed by atoms with E-state index in [-0.39, 0.29) is 0 Å². The van der Waals surface area contributed by atoms with Crippen LogP contribution < -0.4 is 0 Å². The molecule has 2 rings (SSSR count). The van der Waals surface area contributed by atoms with Crippen LogP contribution in [0.3, 0.4) is 0 Å². The number of hydrogen-bond donors (Lipinski definition) is 0. The van der Waals surface area contributed by atoms with Crippen molar-refractivity contribution in [3.63, 3.8) is 0 Å². The summed E-state index contributed by atoms with van der Waals surface area (Å²) in [6.07, 6.45) is -2.62. The molecule has 100 valence electrons. The van der Waals surface area contributed by atoms with Gasteiger partial charge in [-0.05, 0) is 46.3 Å². The number of halogens is 4. The predicted molar refractivity (Wildman–Crippen MR) is 72.9 cm³/mol. The van der Waals surface area contributed by atoms with E-state index in [9.17, 15) is 13.2 Å². The summed E-state index contributed by atoms with van der Waals surface area (Å²) in [5, 5.41) is 0. The summed E-state index contributed by atoms with van der Waals surface area (Å²) in [6, 6.07) is 9.24. The minimum absolute atomic E-state index is 0.447. The van der Waals surface area contributed by atoms with Gasteiger partial charge < -0.3 is 0 Å². The Balaban J connectivity index is 2.10. The Labute approximate surface area is 121 Å². The van der Waals surface area contributed by atoms with Crippen molar-refractivity contribution in [2.75, 3.05) is 0 Å². The summed E-state index contributed by atoms with van der Waals surface area (Å²) in [5.74, 6) is 0.616. The van der Waals surface area contributed by atoms with E-state index in [0.29, 0.717) is 10.2 Å². The van der Waals surface area contributed by atoms with E-state index in [4.69, 9.17) is 0 Å². The molecule has 2 aromatic rings. The molecule has 0 radical (unpaired) electrons. The highest BCUT2D eigenvalue weighted by atomic mass is 79.9. The Kier molecular flexibility index (Phi) is 4.52. The van der Waals surface area contributed by atoms with Gasteiger partial charge >= 0.3 is 6.18 Å². The van der Waals surface area contributed by atoms with E-state index < -0.39 is 11.7 Å². The zero-order chi connectivity index (χ0) is 13.9. The second kappa shape index (κ2) is 5.96. The lowest BCUT2D eigenvalue weighted by molar-refractivity contribution is -0.137. The van der Waals surface area contributed by atoms with Crippen molar-refractivity contribution in [3.8, 4) is 0 Å². The fourth-order valence-electron chi connectivity index (χ4n) is 1.43. The van der Waals surface area contributed by atoms with Crippen molar-refractivity contribution in [3.05, 3.63) is 58.3 Å². The van der Waals surface area contributed by atoms with Crippen molar-refractivity contribution >= 4 is 27.7 Å². The van der Waals surface area contributed by atoms with E-state index >= 15 is 0 Å². The number of aromatic nitrogens is 1. The van der Waals surface area contributed by atoms with Gasteiger partial charge in [-0.2, -0.15) is 13.2 Å². The third-order valence-corrected chi connectivity index (χ3v) is 4.39. The highest BCUT2D eigenvalue weighted by molar-refractivity contribution is 9.10. The molecule has 1 aromatic heterocycles. The summed E-state index contributed by atoms with van der Waals surface area (Å²) < 4.78 is 38.0. The maximum absolute atomic E-state index is 12.5. The molecule has 0 amide bonds. The molecular weight excluding hydrogens is 339 g/mol. The molecular formula is C13H9BrF3NS. The second-order valence-corrected chi connectivity index (χ2v) is 5.62. The zero-order valence-electron chi connectivity index (χ0n) is 9.62. The Morgan fingerprint density at radius 1 is 1.16 bits per heavy atom. The summed E-state index contributed by atoms with van der Waals surface area (Å²) >= 11 is 4.61. The van der Waals surface area contributed by atoms with Crippen LogP contribution in [0.5, 0.6) is 0 Å². The van der Waals surface area contributed by atoms with Gasteiger partial charge in [-0.1, -0.05) is 6.07 Å². The van der Waals surface area contributed by atoms with E-state index in [1.165, 1.54) is 17.8 Å². The first-order valence-corrected chi connectivity index (χ1v) is 7.14. The van der Waals surface area contributed by atoms with E-state index in [2.05, 4.69) is 20.9 Å². The van der Waals surface area contributed by atoms with Crippen LogP contribution in [0.15, 0.2) is 52.0 Å². The van der Waals surface area contributed by atoms with Gasteiger partial charge in [-0.15, -0.1) is 11.8 Å². The summed E-state index contributed by atoms with van der Waals surface area (Å²) in [4.78, 5) is 4.93. The minimum atomic E-state index is -4.31. The summed E-state index contributed by atoms with van der Waals surface area (Å²) in [5.41, 5.74) is 0.237. The highest BCUT2D eigenvalue weighted by Gasteiger charge is 2.30. The van der Waals surface area contributed by atoms with Crippen molar-refractivity contribution in [1.29, 1.82) is 0 Å². The Morgan fingerprint density at radius 2 is 1.95 bits per heavy atom. The van der Waals surface area contributed by atoms with Crippen LogP contribution in [0.2, 0.25) is 0 Å². The molecule has 0 saturated heterocycles. The number of rotatable bonds is 3. The molecule has 1 heterocycles. The second-order valence-electron chi connectivity index (χ2n) is 3.75. The zero-order valence-corrected chi connectivity index (χ0v) is 12.0. The van der Waals surface area contributed by atoms with Crippen molar-refractivity contribution in [2.45, 2.75) is 16.8 Å². The Bertz CT molecular complexity index is 558. The highest BCUT2D eigenvalue weighted by Crippen LogP contribution is 2.36. The molecule has 0 fully saturated rings. The number of hydrogen-bond acceptors (Lipinski definition) is 2. The topological polar surface area (TPSA) is 12.9 Å². The van der Waals surface area contributed by atoms with Gasteiger partial charge in [0.2, 0.25) is 0 Å². The molecule has 0 atom stereocenters. The lowest BCUT2D eigenvalue weighted by atomic mass is 10.2. The Hall–Kier alpha value is -1.01. The monoisotopic (exact) mass is 347 g/mol. The van der Waals surface area contributed by atoms with Gasteiger partial charge in [0.25, 0.3) is 0 Å². The first-order valence-electron chi connectivity index (χ1n) is 5.36. The third-order valence-electron chi connectivity index (χ3n) is 2.36. The van der Waals surface area contributed by atoms with Gasteiger partial charge in [0.05, 0.1) is 11.3 Å². The molecule has 0 unspecified atom stereocenters. The molecule has 0 saturated carbocycles. The van der Waals surface area contributed by atoms with Crippen LogP contribution >= 0.6 is 27.7 Å². The van der Waals surface area contributed by atoms with E-state index in [1.807, 2.05) is 18.2 Å². The fourth-order valence-corrected chi connectivity index (χ4v) is 2.99. The first kappa shape index (κ1) is 14.4. The lowest BCUT2D eigenvalue weighted by Crippen LogP contribution is -2.04. The van der Waals surface area contributed by atoms with Crippen LogP contribution in [-0.4, -0.2) is 4.98 Å². The average molecular weight is 348 g/mol. The maximum atomic E-state index is 12.5. The molecule has 0 bridgehead atoms. The molecule has 0 aliphatic rings. The van der Waals surface area contributed by atoms with Crippen LogP contribution in [0.4, 0.5) is 13.2 Å². The molecule has 0 aliphatic heterocycles. The molecule has 0 aliphatic carbocycles. The molecule has 1 aromatic carbocycles. The fraction of sp³-hybridized carbons (Fsp3) is 0.154. The average Bonchev–Trinajstić information content (AvgIpc) is 2.37. The quantitative estimate of drug-likeness (QED) is 0.711. The van der Waals surface area contributed by atoms with Crippen molar-refractivity contribution in [1.82, 2.24) is 4.98 Å². The SMILES string of the molecule is FC(F)(F)c1ccc(SCc2ccccn2)c(Br)c1. The van der Waals surface area contributed by atoms with Crippen molar-refractivity contribution < 1.29 is 13.2 Å². The van der Waals surface area contributed by atoms with Gasteiger partial charge in [-0.3, -0.25) is 4.98 Å². The van der Waals surface area contributed by atoms with Crippen molar-refractivity contribution in [2.24, 2.45) is 0 Å². The van der Waals surface area contributed by atoms with Gasteiger partial charge in [0.1, 0.15) is 0 Å². The predicted octanol–water partition coefficient (Wildman–Crippen LogP) is 5.16. The standard InChI is InChI=1S/C13H9BrF3NS/c14-11-7-9(13(15,16)17)4-5-12(11)19-8-10-3-1-2-6-18-10/h1-7H,8H2. The number of pyridine rings is 1.